The summed E-state index contributed by atoms with van der Waals surface area (Å²) < 4.78 is 19.9. The van der Waals surface area contributed by atoms with Crippen molar-refractivity contribution in [3.05, 3.63) is 47.2 Å². The maximum atomic E-state index is 14.3. The highest BCUT2D eigenvalue weighted by Crippen LogP contribution is 2.30. The van der Waals surface area contributed by atoms with Gasteiger partial charge < -0.3 is 14.5 Å². The molecule has 0 atom stereocenters. The van der Waals surface area contributed by atoms with Crippen LogP contribution in [0, 0.1) is 5.82 Å². The lowest BCUT2D eigenvalue weighted by atomic mass is 10.0. The molecule has 6 nitrogen and oxygen atoms in total. The van der Waals surface area contributed by atoms with Crippen molar-refractivity contribution in [3.8, 4) is 5.75 Å². The molecule has 0 spiro atoms. The van der Waals surface area contributed by atoms with Crippen molar-refractivity contribution in [2.24, 2.45) is 4.99 Å². The Bertz CT molecular complexity index is 890. The molecule has 2 aliphatic heterocycles. The van der Waals surface area contributed by atoms with Gasteiger partial charge in [-0.15, -0.1) is 0 Å². The number of fused-ring (bicyclic) bond motifs is 1. The van der Waals surface area contributed by atoms with Crippen molar-refractivity contribution in [2.45, 2.75) is 33.4 Å². The van der Waals surface area contributed by atoms with Crippen molar-refractivity contribution >= 4 is 11.5 Å². The van der Waals surface area contributed by atoms with E-state index < -0.39 is 0 Å². The summed E-state index contributed by atoms with van der Waals surface area (Å²) in [6, 6.07) is 5.26. The average molecular weight is 383 g/mol. The number of likely N-dealkylation sites (N-methyl/N-ethyl adjacent to an activating group) is 1. The van der Waals surface area contributed by atoms with Crippen molar-refractivity contribution in [3.63, 3.8) is 0 Å². The molecule has 1 saturated heterocycles. The molecule has 0 radical (unpaired) electrons. The molecule has 0 amide bonds. The monoisotopic (exact) mass is 383 g/mol. The Kier molecular flexibility index (Phi) is 5.26. The minimum Gasteiger partial charge on any atom is -0.488 e. The number of ether oxygens (including phenoxy) is 1. The third-order valence-electron chi connectivity index (χ3n) is 5.22. The number of aliphatic imine (C=N–C) groups is 1. The van der Waals surface area contributed by atoms with Gasteiger partial charge in [-0.3, -0.25) is 4.99 Å². The molecule has 4 rings (SSSR count). The topological polar surface area (TPSA) is 53.9 Å². The van der Waals surface area contributed by atoms with Gasteiger partial charge in [0.1, 0.15) is 12.1 Å². The van der Waals surface area contributed by atoms with Crippen molar-refractivity contribution < 1.29 is 9.13 Å². The van der Waals surface area contributed by atoms with E-state index in [4.69, 9.17) is 4.74 Å². The molecule has 3 heterocycles. The van der Waals surface area contributed by atoms with E-state index >= 15 is 0 Å². The van der Waals surface area contributed by atoms with Crippen LogP contribution in [-0.4, -0.2) is 59.4 Å². The molecule has 148 valence electrons. The van der Waals surface area contributed by atoms with E-state index in [1.807, 2.05) is 19.9 Å². The number of aromatic nitrogens is 2. The van der Waals surface area contributed by atoms with E-state index in [1.165, 1.54) is 6.07 Å². The molecule has 7 heteroatoms. The summed E-state index contributed by atoms with van der Waals surface area (Å²) in [5.41, 5.74) is 3.29. The van der Waals surface area contributed by atoms with Crippen molar-refractivity contribution in [1.29, 1.82) is 0 Å². The Morgan fingerprint density at radius 2 is 1.89 bits per heavy atom. The smallest absolute Gasteiger partial charge is 0.165 e. The summed E-state index contributed by atoms with van der Waals surface area (Å²) in [4.78, 5) is 18.3. The number of anilines is 1. The van der Waals surface area contributed by atoms with Crippen molar-refractivity contribution in [2.75, 3.05) is 37.6 Å². The van der Waals surface area contributed by atoms with Gasteiger partial charge in [0, 0.05) is 37.8 Å². The normalized spacial score (nSPS) is 17.0. The number of piperazine rings is 1. The number of halogens is 1. The number of hydrogen-bond donors (Lipinski definition) is 0. The molecule has 0 saturated carbocycles. The fourth-order valence-corrected chi connectivity index (χ4v) is 3.70. The maximum Gasteiger partial charge on any atom is 0.165 e. The van der Waals surface area contributed by atoms with Gasteiger partial charge in [-0.05, 0) is 38.1 Å². The number of benzene rings is 1. The van der Waals surface area contributed by atoms with Gasteiger partial charge in [0.25, 0.3) is 0 Å². The molecule has 2 aliphatic rings. The Morgan fingerprint density at radius 1 is 1.11 bits per heavy atom. The summed E-state index contributed by atoms with van der Waals surface area (Å²) in [5, 5.41) is 0. The number of nitrogens with zero attached hydrogens (tertiary/aromatic N) is 5. The lowest BCUT2D eigenvalue weighted by Gasteiger charge is -2.34. The van der Waals surface area contributed by atoms with Gasteiger partial charge in [0.05, 0.1) is 24.1 Å². The zero-order valence-corrected chi connectivity index (χ0v) is 16.7. The molecule has 1 aromatic carbocycles. The Morgan fingerprint density at radius 3 is 2.61 bits per heavy atom. The summed E-state index contributed by atoms with van der Waals surface area (Å²) in [6.45, 7) is 11.5. The first-order valence-electron chi connectivity index (χ1n) is 9.88. The Labute approximate surface area is 165 Å². The first kappa shape index (κ1) is 18.8. The molecule has 0 bridgehead atoms. The number of rotatable bonds is 5. The molecular weight excluding hydrogens is 357 g/mol. The zero-order valence-electron chi connectivity index (χ0n) is 16.7. The Hall–Kier alpha value is -2.54. The SMILES string of the molecule is CCN1CCN(c2cc(C3=NCc4cc(F)c(OC(C)C)cc43)ncn2)CC1. The van der Waals surface area contributed by atoms with Crippen LogP contribution < -0.4 is 9.64 Å². The predicted octanol–water partition coefficient (Wildman–Crippen LogP) is 2.90. The molecule has 28 heavy (non-hydrogen) atoms. The number of hydrogen-bond acceptors (Lipinski definition) is 6. The molecule has 2 aromatic rings. The molecule has 1 fully saturated rings. The van der Waals surface area contributed by atoms with Gasteiger partial charge in [0.2, 0.25) is 0 Å². The fourth-order valence-electron chi connectivity index (χ4n) is 3.70. The fraction of sp³-hybridized carbons (Fsp3) is 0.476. The maximum absolute atomic E-state index is 14.3. The van der Waals surface area contributed by atoms with Crippen LogP contribution in [0.5, 0.6) is 5.75 Å². The van der Waals surface area contributed by atoms with E-state index in [2.05, 4.69) is 31.7 Å². The highest BCUT2D eigenvalue weighted by Gasteiger charge is 2.24. The van der Waals surface area contributed by atoms with E-state index in [0.29, 0.717) is 6.54 Å². The van der Waals surface area contributed by atoms with Gasteiger partial charge in [-0.1, -0.05) is 6.92 Å². The van der Waals surface area contributed by atoms with Crippen LogP contribution in [-0.2, 0) is 6.54 Å². The highest BCUT2D eigenvalue weighted by atomic mass is 19.1. The van der Waals surface area contributed by atoms with Crippen LogP contribution in [0.25, 0.3) is 0 Å². The molecule has 0 unspecified atom stereocenters. The second kappa shape index (κ2) is 7.83. The zero-order chi connectivity index (χ0) is 19.7. The average Bonchev–Trinajstić information content (AvgIpc) is 3.10. The first-order chi connectivity index (χ1) is 13.5. The minimum absolute atomic E-state index is 0.0956. The lowest BCUT2D eigenvalue weighted by molar-refractivity contribution is 0.231. The van der Waals surface area contributed by atoms with Gasteiger partial charge >= 0.3 is 0 Å². The quantitative estimate of drug-likeness (QED) is 0.795. The van der Waals surface area contributed by atoms with Crippen LogP contribution in [0.3, 0.4) is 0 Å². The van der Waals surface area contributed by atoms with E-state index in [9.17, 15) is 4.39 Å². The highest BCUT2D eigenvalue weighted by molar-refractivity contribution is 6.14. The van der Waals surface area contributed by atoms with Gasteiger partial charge in [-0.25, -0.2) is 14.4 Å². The first-order valence-corrected chi connectivity index (χ1v) is 9.88. The Balaban J connectivity index is 1.60. The molecule has 0 aliphatic carbocycles. The van der Waals surface area contributed by atoms with Crippen LogP contribution >= 0.6 is 0 Å². The third-order valence-corrected chi connectivity index (χ3v) is 5.22. The van der Waals surface area contributed by atoms with Crippen molar-refractivity contribution in [1.82, 2.24) is 14.9 Å². The minimum atomic E-state index is -0.346. The summed E-state index contributed by atoms with van der Waals surface area (Å²) in [6.07, 6.45) is 1.49. The second-order valence-electron chi connectivity index (χ2n) is 7.45. The standard InChI is InChI=1S/C21H26FN5O/c1-4-26-5-7-27(8-6-26)20-11-18(24-13-25-20)21-16-10-19(28-14(2)3)17(22)9-15(16)12-23-21/h9-11,13-14H,4-8,12H2,1-3H3. The second-order valence-corrected chi connectivity index (χ2v) is 7.45. The molecule has 1 aromatic heterocycles. The van der Waals surface area contributed by atoms with E-state index in [-0.39, 0.29) is 17.7 Å². The van der Waals surface area contributed by atoms with Gasteiger partial charge in [-0.2, -0.15) is 0 Å². The van der Waals surface area contributed by atoms with Crippen LogP contribution in [0.15, 0.2) is 29.5 Å². The summed E-state index contributed by atoms with van der Waals surface area (Å²) in [7, 11) is 0. The summed E-state index contributed by atoms with van der Waals surface area (Å²) in [5.74, 6) is 0.826. The molecule has 0 N–H and O–H groups in total. The van der Waals surface area contributed by atoms with E-state index in [0.717, 1.165) is 61.1 Å². The lowest BCUT2D eigenvalue weighted by Crippen LogP contribution is -2.46. The van der Waals surface area contributed by atoms with E-state index in [1.54, 1.807) is 12.4 Å². The molecular formula is C21H26FN5O. The predicted molar refractivity (Wildman–Crippen MR) is 108 cm³/mol. The third kappa shape index (κ3) is 3.71. The summed E-state index contributed by atoms with van der Waals surface area (Å²) >= 11 is 0. The van der Waals surface area contributed by atoms with Crippen LogP contribution in [0.1, 0.15) is 37.6 Å². The largest absolute Gasteiger partial charge is 0.488 e. The van der Waals surface area contributed by atoms with Crippen LogP contribution in [0.2, 0.25) is 0 Å². The van der Waals surface area contributed by atoms with Crippen LogP contribution in [0.4, 0.5) is 10.2 Å². The van der Waals surface area contributed by atoms with Gasteiger partial charge in [0.15, 0.2) is 11.6 Å².